The van der Waals surface area contributed by atoms with E-state index >= 15 is 0 Å². The van der Waals surface area contributed by atoms with E-state index in [0.29, 0.717) is 0 Å². The topological polar surface area (TPSA) is 26.0 Å². The normalized spacial score (nSPS) is 11.9. The molecule has 1 atom stereocenters. The highest BCUT2D eigenvalue weighted by Crippen LogP contribution is 2.23. The van der Waals surface area contributed by atoms with Crippen LogP contribution in [0.4, 0.5) is 0 Å². The molecule has 0 saturated heterocycles. The highest BCUT2D eigenvalue weighted by Gasteiger charge is 2.03. The minimum Gasteiger partial charge on any atom is -0.324 e. The molecule has 1 nitrogen and oxygen atoms in total. The molecule has 0 aromatic heterocycles. The van der Waals surface area contributed by atoms with Gasteiger partial charge in [-0.25, -0.2) is 0 Å². The number of nitrogens with two attached hydrogens (primary N) is 1. The summed E-state index contributed by atoms with van der Waals surface area (Å²) in [6.45, 7) is 2.01. The standard InChI is InChI=1S/C9H13NS.ClH/c1-7(10)8-5-3-4-6-9(8)11-2;/h3-7H,10H2,1-2H3;1H/t7-;/m0./s1. The molecule has 3 heteroatoms. The maximum absolute atomic E-state index is 5.78. The Morgan fingerprint density at radius 3 is 2.33 bits per heavy atom. The number of hydrogen-bond acceptors (Lipinski definition) is 2. The molecule has 0 heterocycles. The summed E-state index contributed by atoms with van der Waals surface area (Å²) in [5.41, 5.74) is 7.01. The van der Waals surface area contributed by atoms with Crippen LogP contribution in [0.3, 0.4) is 0 Å². The van der Waals surface area contributed by atoms with Gasteiger partial charge < -0.3 is 5.73 Å². The molecule has 1 rings (SSSR count). The smallest absolute Gasteiger partial charge is 0.0277 e. The Hall–Kier alpha value is -0.180. The predicted octanol–water partition coefficient (Wildman–Crippen LogP) is 2.85. The molecule has 68 valence electrons. The van der Waals surface area contributed by atoms with E-state index in [1.54, 1.807) is 11.8 Å². The van der Waals surface area contributed by atoms with Crippen LogP contribution in [0.25, 0.3) is 0 Å². The molecular weight excluding hydrogens is 190 g/mol. The van der Waals surface area contributed by atoms with E-state index in [-0.39, 0.29) is 18.4 Å². The van der Waals surface area contributed by atoms with Crippen LogP contribution in [0.15, 0.2) is 29.2 Å². The SMILES string of the molecule is CSc1ccccc1[C@H](C)N.Cl. The number of benzene rings is 1. The van der Waals surface area contributed by atoms with Crippen molar-refractivity contribution < 1.29 is 0 Å². The van der Waals surface area contributed by atoms with Crippen LogP contribution in [-0.4, -0.2) is 6.26 Å². The van der Waals surface area contributed by atoms with Gasteiger partial charge in [-0.05, 0) is 24.8 Å². The summed E-state index contributed by atoms with van der Waals surface area (Å²) in [6, 6.07) is 8.38. The van der Waals surface area contributed by atoms with E-state index in [9.17, 15) is 0 Å². The van der Waals surface area contributed by atoms with Crippen molar-refractivity contribution in [3.05, 3.63) is 29.8 Å². The molecule has 1 aromatic carbocycles. The van der Waals surface area contributed by atoms with Crippen LogP contribution in [0, 0.1) is 0 Å². The molecule has 2 N–H and O–H groups in total. The summed E-state index contributed by atoms with van der Waals surface area (Å²) in [6.07, 6.45) is 2.07. The van der Waals surface area contributed by atoms with Crippen LogP contribution in [0.5, 0.6) is 0 Å². The van der Waals surface area contributed by atoms with Gasteiger partial charge in [0.1, 0.15) is 0 Å². The second-order valence-corrected chi connectivity index (χ2v) is 3.38. The van der Waals surface area contributed by atoms with Crippen molar-refractivity contribution in [1.29, 1.82) is 0 Å². The number of thioether (sulfide) groups is 1. The summed E-state index contributed by atoms with van der Waals surface area (Å²) in [5.74, 6) is 0. The molecular formula is C9H14ClNS. The summed E-state index contributed by atoms with van der Waals surface area (Å²) < 4.78 is 0. The van der Waals surface area contributed by atoms with Crippen molar-refractivity contribution in [3.8, 4) is 0 Å². The Morgan fingerprint density at radius 2 is 1.92 bits per heavy atom. The van der Waals surface area contributed by atoms with Gasteiger partial charge in [0.2, 0.25) is 0 Å². The Labute approximate surface area is 84.1 Å². The quantitative estimate of drug-likeness (QED) is 0.749. The molecule has 12 heavy (non-hydrogen) atoms. The second-order valence-electron chi connectivity index (χ2n) is 2.53. The van der Waals surface area contributed by atoms with Crippen molar-refractivity contribution in [2.24, 2.45) is 5.73 Å². The molecule has 0 unspecified atom stereocenters. The Bertz CT molecular complexity index is 238. The van der Waals surface area contributed by atoms with Crippen LogP contribution in [0.1, 0.15) is 18.5 Å². The van der Waals surface area contributed by atoms with Crippen LogP contribution in [-0.2, 0) is 0 Å². The molecule has 0 aliphatic heterocycles. The van der Waals surface area contributed by atoms with Crippen molar-refractivity contribution in [1.82, 2.24) is 0 Å². The predicted molar refractivity (Wildman–Crippen MR) is 58.1 cm³/mol. The maximum Gasteiger partial charge on any atom is 0.0277 e. The summed E-state index contributed by atoms with van der Waals surface area (Å²) in [4.78, 5) is 1.28. The van der Waals surface area contributed by atoms with Gasteiger partial charge in [-0.1, -0.05) is 18.2 Å². The van der Waals surface area contributed by atoms with E-state index in [1.165, 1.54) is 10.5 Å². The zero-order valence-electron chi connectivity index (χ0n) is 7.28. The fraction of sp³-hybridized carbons (Fsp3) is 0.333. The lowest BCUT2D eigenvalue weighted by molar-refractivity contribution is 0.798. The van der Waals surface area contributed by atoms with Crippen LogP contribution >= 0.6 is 24.2 Å². The van der Waals surface area contributed by atoms with E-state index < -0.39 is 0 Å². The first-order valence-corrected chi connectivity index (χ1v) is 4.86. The first-order chi connectivity index (χ1) is 5.25. The van der Waals surface area contributed by atoms with Gasteiger partial charge in [-0.15, -0.1) is 24.2 Å². The molecule has 0 aliphatic carbocycles. The van der Waals surface area contributed by atoms with Gasteiger partial charge in [0.15, 0.2) is 0 Å². The third-order valence-electron chi connectivity index (χ3n) is 1.63. The van der Waals surface area contributed by atoms with Crippen LogP contribution < -0.4 is 5.73 Å². The van der Waals surface area contributed by atoms with Crippen molar-refractivity contribution >= 4 is 24.2 Å². The summed E-state index contributed by atoms with van der Waals surface area (Å²) >= 11 is 1.74. The number of rotatable bonds is 2. The number of hydrogen-bond donors (Lipinski definition) is 1. The zero-order chi connectivity index (χ0) is 8.27. The van der Waals surface area contributed by atoms with E-state index in [2.05, 4.69) is 18.4 Å². The lowest BCUT2D eigenvalue weighted by Crippen LogP contribution is -2.05. The average molecular weight is 204 g/mol. The first kappa shape index (κ1) is 11.8. The molecule has 0 fully saturated rings. The monoisotopic (exact) mass is 203 g/mol. The largest absolute Gasteiger partial charge is 0.324 e. The summed E-state index contributed by atoms with van der Waals surface area (Å²) in [5, 5.41) is 0. The van der Waals surface area contributed by atoms with Crippen molar-refractivity contribution in [3.63, 3.8) is 0 Å². The van der Waals surface area contributed by atoms with Crippen molar-refractivity contribution in [2.75, 3.05) is 6.26 Å². The lowest BCUT2D eigenvalue weighted by atomic mass is 10.1. The zero-order valence-corrected chi connectivity index (χ0v) is 8.91. The fourth-order valence-corrected chi connectivity index (χ4v) is 1.75. The molecule has 0 radical (unpaired) electrons. The summed E-state index contributed by atoms with van der Waals surface area (Å²) in [7, 11) is 0. The van der Waals surface area contributed by atoms with Gasteiger partial charge in [-0.3, -0.25) is 0 Å². The van der Waals surface area contributed by atoms with Gasteiger partial charge in [0.25, 0.3) is 0 Å². The average Bonchev–Trinajstić information content (AvgIpc) is 2.04. The Kier molecular flexibility index (Phi) is 5.38. The minimum atomic E-state index is 0. The Balaban J connectivity index is 0.00000121. The van der Waals surface area contributed by atoms with Gasteiger partial charge in [-0.2, -0.15) is 0 Å². The highest BCUT2D eigenvalue weighted by molar-refractivity contribution is 7.98. The van der Waals surface area contributed by atoms with Crippen molar-refractivity contribution in [2.45, 2.75) is 17.9 Å². The third-order valence-corrected chi connectivity index (χ3v) is 2.44. The second kappa shape index (κ2) is 5.46. The lowest BCUT2D eigenvalue weighted by Gasteiger charge is -2.09. The minimum absolute atomic E-state index is 0. The van der Waals surface area contributed by atoms with E-state index in [1.807, 2.05) is 19.1 Å². The van der Waals surface area contributed by atoms with Crippen LogP contribution in [0.2, 0.25) is 0 Å². The van der Waals surface area contributed by atoms with Gasteiger partial charge >= 0.3 is 0 Å². The molecule has 0 saturated carbocycles. The van der Waals surface area contributed by atoms with E-state index in [0.717, 1.165) is 0 Å². The molecule has 0 bridgehead atoms. The first-order valence-electron chi connectivity index (χ1n) is 3.64. The fourth-order valence-electron chi connectivity index (χ4n) is 1.04. The number of halogens is 1. The molecule has 0 aliphatic rings. The molecule has 1 aromatic rings. The maximum atomic E-state index is 5.78. The highest BCUT2D eigenvalue weighted by atomic mass is 35.5. The molecule has 0 spiro atoms. The van der Waals surface area contributed by atoms with Gasteiger partial charge in [0.05, 0.1) is 0 Å². The van der Waals surface area contributed by atoms with E-state index in [4.69, 9.17) is 5.73 Å². The Morgan fingerprint density at radius 1 is 1.33 bits per heavy atom. The van der Waals surface area contributed by atoms with Gasteiger partial charge in [0, 0.05) is 10.9 Å². The molecule has 0 amide bonds. The third kappa shape index (κ3) is 2.70.